The molecule has 0 saturated carbocycles. The number of carbonyl (C=O) groups excluding carboxylic acids is 4. The molecule has 0 atom stereocenters. The number of fused-ring (bicyclic) bond motifs is 1. The van der Waals surface area contributed by atoms with E-state index in [4.69, 9.17) is 0 Å². The molecule has 0 aromatic heterocycles. The first kappa shape index (κ1) is 16.0. The van der Waals surface area contributed by atoms with Gasteiger partial charge >= 0.3 is 0 Å². The van der Waals surface area contributed by atoms with Gasteiger partial charge in [-0.15, -0.1) is 0 Å². The summed E-state index contributed by atoms with van der Waals surface area (Å²) in [7, 11) is 0. The maximum Gasteiger partial charge on any atom is 0.261 e. The normalized spacial score (nSPS) is 22.2. The molecule has 0 N–H and O–H groups in total. The highest BCUT2D eigenvalue weighted by molar-refractivity contribution is 6.22. The van der Waals surface area contributed by atoms with E-state index in [1.54, 1.807) is 24.3 Å². The van der Waals surface area contributed by atoms with Crippen LogP contribution in [0.1, 0.15) is 46.4 Å². The summed E-state index contributed by atoms with van der Waals surface area (Å²) in [5, 5.41) is 0. The van der Waals surface area contributed by atoms with Gasteiger partial charge in [-0.05, 0) is 38.1 Å². The van der Waals surface area contributed by atoms with E-state index in [1.807, 2.05) is 0 Å². The van der Waals surface area contributed by atoms with Crippen molar-refractivity contribution in [1.82, 2.24) is 14.7 Å². The number of hydrogen-bond donors (Lipinski definition) is 0. The molecule has 3 aliphatic rings. The number of carbonyl (C=O) groups is 4. The average molecular weight is 341 g/mol. The van der Waals surface area contributed by atoms with E-state index >= 15 is 0 Å². The highest BCUT2D eigenvalue weighted by Crippen LogP contribution is 2.29. The Labute approximate surface area is 145 Å². The molecule has 4 rings (SSSR count). The molecule has 130 valence electrons. The van der Waals surface area contributed by atoms with Crippen molar-refractivity contribution in [2.45, 2.75) is 31.7 Å². The highest BCUT2D eigenvalue weighted by atomic mass is 16.2. The molecule has 2 saturated heterocycles. The van der Waals surface area contributed by atoms with Crippen LogP contribution >= 0.6 is 0 Å². The summed E-state index contributed by atoms with van der Waals surface area (Å²) < 4.78 is 0. The van der Waals surface area contributed by atoms with Crippen LogP contribution in [-0.2, 0) is 9.59 Å². The van der Waals surface area contributed by atoms with Gasteiger partial charge in [0, 0.05) is 12.8 Å². The number of nitrogens with zero attached hydrogens (tertiary/aromatic N) is 3. The molecule has 0 bridgehead atoms. The monoisotopic (exact) mass is 341 g/mol. The summed E-state index contributed by atoms with van der Waals surface area (Å²) in [5.74, 6) is -1.47. The lowest BCUT2D eigenvalue weighted by molar-refractivity contribution is -0.152. The molecule has 0 radical (unpaired) electrons. The van der Waals surface area contributed by atoms with Gasteiger partial charge < -0.3 is 0 Å². The molecule has 0 unspecified atom stereocenters. The van der Waals surface area contributed by atoms with E-state index in [1.165, 1.54) is 4.90 Å². The van der Waals surface area contributed by atoms with E-state index in [0.29, 0.717) is 17.8 Å². The molecule has 7 heteroatoms. The molecule has 4 amide bonds. The van der Waals surface area contributed by atoms with Crippen LogP contribution in [0.3, 0.4) is 0 Å². The van der Waals surface area contributed by atoms with Crippen molar-refractivity contribution in [3.8, 4) is 0 Å². The van der Waals surface area contributed by atoms with Crippen LogP contribution < -0.4 is 0 Å². The molecule has 1 aromatic carbocycles. The van der Waals surface area contributed by atoms with Gasteiger partial charge in [-0.2, -0.15) is 0 Å². The third-order valence-corrected chi connectivity index (χ3v) is 5.15. The lowest BCUT2D eigenvalue weighted by Crippen LogP contribution is -2.54. The van der Waals surface area contributed by atoms with E-state index in [-0.39, 0.29) is 24.7 Å². The number of piperidine rings is 1. The Kier molecular flexibility index (Phi) is 3.88. The summed E-state index contributed by atoms with van der Waals surface area (Å²) in [6.07, 6.45) is 2.16. The smallest absolute Gasteiger partial charge is 0.261 e. The van der Waals surface area contributed by atoms with Crippen LogP contribution in [-0.4, -0.2) is 64.1 Å². The van der Waals surface area contributed by atoms with E-state index in [0.717, 1.165) is 30.8 Å². The third kappa shape index (κ3) is 2.64. The Morgan fingerprint density at radius 3 is 1.88 bits per heavy atom. The topological polar surface area (TPSA) is 78.0 Å². The third-order valence-electron chi connectivity index (χ3n) is 5.15. The Morgan fingerprint density at radius 2 is 1.36 bits per heavy atom. The number of imide groups is 2. The van der Waals surface area contributed by atoms with E-state index < -0.39 is 17.9 Å². The predicted molar refractivity (Wildman–Crippen MR) is 87.5 cm³/mol. The minimum Gasteiger partial charge on any atom is -0.286 e. The fraction of sp³-hybridized carbons (Fsp3) is 0.444. The zero-order chi connectivity index (χ0) is 17.6. The van der Waals surface area contributed by atoms with Crippen LogP contribution in [0.5, 0.6) is 0 Å². The molecule has 3 aliphatic heterocycles. The summed E-state index contributed by atoms with van der Waals surface area (Å²) in [6, 6.07) is 5.90. The number of amides is 4. The quantitative estimate of drug-likeness (QED) is 0.762. The zero-order valence-corrected chi connectivity index (χ0v) is 13.8. The fourth-order valence-electron chi connectivity index (χ4n) is 3.84. The molecule has 2 fully saturated rings. The number of benzene rings is 1. The molecular formula is C18H19N3O4. The Hall–Kier alpha value is -2.54. The largest absolute Gasteiger partial charge is 0.286 e. The van der Waals surface area contributed by atoms with Crippen LogP contribution in [0.15, 0.2) is 24.3 Å². The van der Waals surface area contributed by atoms with Crippen LogP contribution in [0.25, 0.3) is 0 Å². The molecule has 7 nitrogen and oxygen atoms in total. The number of likely N-dealkylation sites (tertiary alicyclic amines) is 2. The van der Waals surface area contributed by atoms with Gasteiger partial charge in [0.05, 0.1) is 23.8 Å². The predicted octanol–water partition coefficient (Wildman–Crippen LogP) is 0.854. The van der Waals surface area contributed by atoms with Crippen LogP contribution in [0, 0.1) is 0 Å². The van der Waals surface area contributed by atoms with Gasteiger partial charge in [0.25, 0.3) is 11.8 Å². The number of rotatable bonds is 3. The highest BCUT2D eigenvalue weighted by Gasteiger charge is 2.45. The van der Waals surface area contributed by atoms with Gasteiger partial charge in [0.2, 0.25) is 11.8 Å². The molecular weight excluding hydrogens is 322 g/mol. The van der Waals surface area contributed by atoms with Crippen molar-refractivity contribution < 1.29 is 19.2 Å². The molecule has 1 aromatic rings. The Morgan fingerprint density at radius 1 is 0.840 bits per heavy atom. The van der Waals surface area contributed by atoms with Crippen molar-refractivity contribution in [3.63, 3.8) is 0 Å². The lowest BCUT2D eigenvalue weighted by Gasteiger charge is -2.35. The van der Waals surface area contributed by atoms with Crippen molar-refractivity contribution in [1.29, 1.82) is 0 Å². The Balaban J connectivity index is 1.50. The SMILES string of the molecule is O=C1CC(N2C(=O)c3ccccc3C2=O)CC(=O)N1CN1CCCC1. The van der Waals surface area contributed by atoms with Crippen molar-refractivity contribution >= 4 is 23.6 Å². The summed E-state index contributed by atoms with van der Waals surface area (Å²) in [5.41, 5.74) is 0.679. The van der Waals surface area contributed by atoms with Gasteiger partial charge in [-0.3, -0.25) is 33.9 Å². The van der Waals surface area contributed by atoms with Crippen LogP contribution in [0.4, 0.5) is 0 Å². The van der Waals surface area contributed by atoms with Gasteiger partial charge in [-0.1, -0.05) is 12.1 Å². The zero-order valence-electron chi connectivity index (χ0n) is 13.8. The van der Waals surface area contributed by atoms with Gasteiger partial charge in [0.1, 0.15) is 0 Å². The average Bonchev–Trinajstić information content (AvgIpc) is 3.19. The maximum absolute atomic E-state index is 12.5. The minimum atomic E-state index is -0.692. The second-order valence-electron chi connectivity index (χ2n) is 6.77. The lowest BCUT2D eigenvalue weighted by atomic mass is 10.0. The van der Waals surface area contributed by atoms with Crippen molar-refractivity contribution in [2.75, 3.05) is 19.8 Å². The molecule has 25 heavy (non-hydrogen) atoms. The van der Waals surface area contributed by atoms with Gasteiger partial charge in [0.15, 0.2) is 0 Å². The molecule has 3 heterocycles. The second kappa shape index (κ2) is 6.07. The fourth-order valence-corrected chi connectivity index (χ4v) is 3.84. The summed E-state index contributed by atoms with van der Waals surface area (Å²) in [6.45, 7) is 2.09. The van der Waals surface area contributed by atoms with Crippen LogP contribution in [0.2, 0.25) is 0 Å². The summed E-state index contributed by atoms with van der Waals surface area (Å²) >= 11 is 0. The number of hydrogen-bond acceptors (Lipinski definition) is 5. The summed E-state index contributed by atoms with van der Waals surface area (Å²) in [4.78, 5) is 54.5. The van der Waals surface area contributed by atoms with Crippen molar-refractivity contribution in [2.24, 2.45) is 0 Å². The van der Waals surface area contributed by atoms with Crippen molar-refractivity contribution in [3.05, 3.63) is 35.4 Å². The van der Waals surface area contributed by atoms with Gasteiger partial charge in [-0.25, -0.2) is 0 Å². The minimum absolute atomic E-state index is 0.00501. The first-order valence-electron chi connectivity index (χ1n) is 8.58. The maximum atomic E-state index is 12.5. The molecule has 0 spiro atoms. The second-order valence-corrected chi connectivity index (χ2v) is 6.77. The van der Waals surface area contributed by atoms with E-state index in [9.17, 15) is 19.2 Å². The first-order chi connectivity index (χ1) is 12.1. The van der Waals surface area contributed by atoms with E-state index in [2.05, 4.69) is 4.90 Å². The first-order valence-corrected chi connectivity index (χ1v) is 8.58. The standard InChI is InChI=1S/C18H19N3O4/c22-15-9-12(10-16(23)20(15)11-19-7-3-4-8-19)21-17(24)13-5-1-2-6-14(13)18(21)25/h1-2,5-6,12H,3-4,7-11H2. The molecule has 0 aliphatic carbocycles. The Bertz CT molecular complexity index is 716.